The second-order valence-corrected chi connectivity index (χ2v) is 4.32. The average Bonchev–Trinajstić information content (AvgIpc) is 2.79. The molecule has 0 aliphatic carbocycles. The van der Waals surface area contributed by atoms with Crippen molar-refractivity contribution in [3.05, 3.63) is 61.8 Å². The van der Waals surface area contributed by atoms with Crippen LogP contribution in [0.5, 0.6) is 0 Å². The zero-order chi connectivity index (χ0) is 15.6. The number of Topliss-reactive ketones (excluding diaryl/α,β-unsaturated/α-hetero) is 1. The third-order valence-electron chi connectivity index (χ3n) is 2.78. The Labute approximate surface area is 118 Å². The van der Waals surface area contributed by atoms with Crippen molar-refractivity contribution in [1.82, 2.24) is 9.78 Å². The third-order valence-corrected chi connectivity index (χ3v) is 2.78. The predicted molar refractivity (Wildman–Crippen MR) is 71.0 cm³/mol. The van der Waals surface area contributed by atoms with Gasteiger partial charge in [0.2, 0.25) is 0 Å². The van der Waals surface area contributed by atoms with Gasteiger partial charge in [-0.2, -0.15) is 4.68 Å². The van der Waals surface area contributed by atoms with Crippen LogP contribution in [0.3, 0.4) is 0 Å². The minimum absolute atomic E-state index is 0.153. The number of carbonyl (C=O) groups is 1. The van der Waals surface area contributed by atoms with Crippen molar-refractivity contribution in [3.63, 3.8) is 0 Å². The minimum Gasteiger partial charge on any atom is -0.358 e. The van der Waals surface area contributed by atoms with Crippen molar-refractivity contribution in [2.45, 2.75) is 13.5 Å². The predicted octanol–water partition coefficient (Wildman–Crippen LogP) is 1.89. The fourth-order valence-electron chi connectivity index (χ4n) is 1.80. The molecule has 0 bridgehead atoms. The molecule has 0 fully saturated rings. The molecule has 0 spiro atoms. The van der Waals surface area contributed by atoms with Gasteiger partial charge in [0.05, 0.1) is 21.8 Å². The largest absolute Gasteiger partial charge is 0.392 e. The lowest BCUT2D eigenvalue weighted by Gasteiger charge is -1.99. The van der Waals surface area contributed by atoms with E-state index < -0.39 is 15.6 Å². The molecule has 0 N–H and O–H groups in total. The highest BCUT2D eigenvalue weighted by molar-refractivity contribution is 5.96. The molecular weight excluding hydrogens is 280 g/mol. The summed E-state index contributed by atoms with van der Waals surface area (Å²) < 4.78 is 1.15. The topological polar surface area (TPSA) is 121 Å². The van der Waals surface area contributed by atoms with Gasteiger partial charge in [-0.1, -0.05) is 12.1 Å². The summed E-state index contributed by atoms with van der Waals surface area (Å²) in [6, 6.07) is 5.29. The molecule has 0 aliphatic rings. The molecule has 0 aliphatic heterocycles. The first-order valence-corrected chi connectivity index (χ1v) is 5.84. The van der Waals surface area contributed by atoms with Crippen LogP contribution in [0.25, 0.3) is 0 Å². The average molecular weight is 290 g/mol. The highest BCUT2D eigenvalue weighted by atomic mass is 16.6. The molecular formula is C12H10N4O5. The fourth-order valence-corrected chi connectivity index (χ4v) is 1.80. The standard InChI is InChI=1S/C12H10N4O5/c1-8-6-14(13-12(8)16(20)21)7-11(17)9-3-2-4-10(5-9)15(18)19/h2-6H,7H2,1H3. The van der Waals surface area contributed by atoms with E-state index in [0.29, 0.717) is 5.56 Å². The molecule has 2 rings (SSSR count). The smallest absolute Gasteiger partial charge is 0.358 e. The van der Waals surface area contributed by atoms with Gasteiger partial charge in [-0.25, -0.2) is 0 Å². The molecule has 9 heteroatoms. The fraction of sp³-hybridized carbons (Fsp3) is 0.167. The van der Waals surface area contributed by atoms with Crippen LogP contribution in [0.15, 0.2) is 30.5 Å². The normalized spacial score (nSPS) is 10.3. The number of rotatable bonds is 5. The van der Waals surface area contributed by atoms with Crippen molar-refractivity contribution in [2.75, 3.05) is 0 Å². The molecule has 1 aromatic carbocycles. The van der Waals surface area contributed by atoms with Crippen molar-refractivity contribution in [3.8, 4) is 0 Å². The Balaban J connectivity index is 2.22. The number of nitro benzene ring substituents is 1. The van der Waals surface area contributed by atoms with Crippen LogP contribution in [0.2, 0.25) is 0 Å². The Morgan fingerprint density at radius 3 is 2.57 bits per heavy atom. The lowest BCUT2D eigenvalue weighted by atomic mass is 10.1. The van der Waals surface area contributed by atoms with Crippen molar-refractivity contribution in [2.24, 2.45) is 0 Å². The molecule has 1 aromatic heterocycles. The maximum absolute atomic E-state index is 12.0. The van der Waals surface area contributed by atoms with E-state index in [4.69, 9.17) is 0 Å². The summed E-state index contributed by atoms with van der Waals surface area (Å²) >= 11 is 0. The summed E-state index contributed by atoms with van der Waals surface area (Å²) in [5.41, 5.74) is 0.301. The SMILES string of the molecule is Cc1cn(CC(=O)c2cccc([N+](=O)[O-])c2)nc1[N+](=O)[O-]. The van der Waals surface area contributed by atoms with Gasteiger partial charge in [0.25, 0.3) is 5.69 Å². The van der Waals surface area contributed by atoms with Gasteiger partial charge in [-0.15, -0.1) is 0 Å². The molecule has 2 aromatic rings. The van der Waals surface area contributed by atoms with Gasteiger partial charge in [0.1, 0.15) is 6.54 Å². The number of nitrogens with zero attached hydrogens (tertiary/aromatic N) is 4. The van der Waals surface area contributed by atoms with Gasteiger partial charge in [0, 0.05) is 17.7 Å². The molecule has 0 unspecified atom stereocenters. The minimum atomic E-state index is -0.635. The van der Waals surface area contributed by atoms with Crippen LogP contribution in [0, 0.1) is 27.2 Å². The van der Waals surface area contributed by atoms with Gasteiger partial charge >= 0.3 is 5.82 Å². The van der Waals surface area contributed by atoms with Crippen LogP contribution in [0.4, 0.5) is 11.5 Å². The van der Waals surface area contributed by atoms with Crippen LogP contribution in [0.1, 0.15) is 15.9 Å². The number of ketones is 1. The van der Waals surface area contributed by atoms with Gasteiger partial charge in [0.15, 0.2) is 5.78 Å². The maximum Gasteiger partial charge on any atom is 0.392 e. The van der Waals surface area contributed by atoms with Crippen LogP contribution in [-0.4, -0.2) is 25.4 Å². The van der Waals surface area contributed by atoms with Crippen LogP contribution in [-0.2, 0) is 6.54 Å². The van der Waals surface area contributed by atoms with E-state index in [0.717, 1.165) is 10.7 Å². The Bertz CT molecular complexity index is 737. The molecule has 0 saturated heterocycles. The first-order valence-electron chi connectivity index (χ1n) is 5.84. The van der Waals surface area contributed by atoms with Gasteiger partial charge < -0.3 is 10.1 Å². The number of aryl methyl sites for hydroxylation is 1. The van der Waals surface area contributed by atoms with E-state index in [1.54, 1.807) is 0 Å². The molecule has 0 atom stereocenters. The number of carbonyl (C=O) groups excluding carboxylic acids is 1. The number of nitro groups is 2. The molecule has 0 radical (unpaired) electrons. The summed E-state index contributed by atoms with van der Waals surface area (Å²) in [7, 11) is 0. The Morgan fingerprint density at radius 1 is 1.29 bits per heavy atom. The van der Waals surface area contributed by atoms with E-state index in [1.165, 1.54) is 31.3 Å². The number of hydrogen-bond donors (Lipinski definition) is 0. The van der Waals surface area contributed by atoms with E-state index in [-0.39, 0.29) is 23.6 Å². The van der Waals surface area contributed by atoms with E-state index >= 15 is 0 Å². The second kappa shape index (κ2) is 5.49. The van der Waals surface area contributed by atoms with E-state index in [1.807, 2.05) is 0 Å². The summed E-state index contributed by atoms with van der Waals surface area (Å²) in [5, 5.41) is 25.0. The van der Waals surface area contributed by atoms with Crippen LogP contribution >= 0.6 is 0 Å². The molecule has 0 amide bonds. The van der Waals surface area contributed by atoms with Crippen molar-refractivity contribution < 1.29 is 14.6 Å². The highest BCUT2D eigenvalue weighted by Crippen LogP contribution is 2.16. The molecule has 1 heterocycles. The van der Waals surface area contributed by atoms with Crippen LogP contribution < -0.4 is 0 Å². The lowest BCUT2D eigenvalue weighted by Crippen LogP contribution is -2.11. The van der Waals surface area contributed by atoms with Crippen molar-refractivity contribution in [1.29, 1.82) is 0 Å². The number of benzene rings is 1. The molecule has 0 saturated carbocycles. The van der Waals surface area contributed by atoms with Crippen molar-refractivity contribution >= 4 is 17.3 Å². The van der Waals surface area contributed by atoms with Gasteiger partial charge in [-0.05, 0) is 11.8 Å². The van der Waals surface area contributed by atoms with E-state index in [9.17, 15) is 25.0 Å². The Kier molecular flexibility index (Phi) is 3.74. The summed E-state index contributed by atoms with van der Waals surface area (Å²) in [4.78, 5) is 32.1. The molecule has 9 nitrogen and oxygen atoms in total. The zero-order valence-corrected chi connectivity index (χ0v) is 10.9. The third kappa shape index (κ3) is 3.08. The monoisotopic (exact) mass is 290 g/mol. The first-order chi connectivity index (χ1) is 9.88. The quantitative estimate of drug-likeness (QED) is 0.471. The number of aromatic nitrogens is 2. The summed E-state index contributed by atoms with van der Waals surface area (Å²) in [5.74, 6) is -0.738. The van der Waals surface area contributed by atoms with Gasteiger partial charge in [-0.3, -0.25) is 14.9 Å². The number of non-ortho nitro benzene ring substituents is 1. The zero-order valence-electron chi connectivity index (χ0n) is 10.9. The molecule has 21 heavy (non-hydrogen) atoms. The summed E-state index contributed by atoms with van der Waals surface area (Å²) in [6.45, 7) is 1.29. The Hall–Kier alpha value is -3.10. The first kappa shape index (κ1) is 14.3. The second-order valence-electron chi connectivity index (χ2n) is 4.32. The Morgan fingerprint density at radius 2 is 2.00 bits per heavy atom. The van der Waals surface area contributed by atoms with E-state index in [2.05, 4.69) is 5.10 Å². The molecule has 108 valence electrons. The highest BCUT2D eigenvalue weighted by Gasteiger charge is 2.19. The number of hydrogen-bond acceptors (Lipinski definition) is 6. The maximum atomic E-state index is 12.0. The lowest BCUT2D eigenvalue weighted by molar-refractivity contribution is -0.390. The summed E-state index contributed by atoms with van der Waals surface area (Å²) in [6.07, 6.45) is 1.38.